The van der Waals surface area contributed by atoms with Gasteiger partial charge in [-0.2, -0.15) is 5.10 Å². The molecule has 0 radical (unpaired) electrons. The van der Waals surface area contributed by atoms with E-state index in [1.807, 2.05) is 0 Å². The second-order valence-corrected chi connectivity index (χ2v) is 6.12. The smallest absolute Gasteiger partial charge is 0.318 e. The predicted octanol–water partition coefficient (Wildman–Crippen LogP) is 3.46. The van der Waals surface area contributed by atoms with E-state index >= 15 is 0 Å². The number of hydrazone groups is 1. The van der Waals surface area contributed by atoms with Crippen LogP contribution in [-0.2, 0) is 0 Å². The van der Waals surface area contributed by atoms with E-state index in [1.165, 1.54) is 31.7 Å². The topological polar surface area (TPSA) is 159 Å². The molecule has 0 saturated heterocycles. The number of non-ortho nitro benzene ring substituents is 1. The van der Waals surface area contributed by atoms with E-state index in [0.29, 0.717) is 11.1 Å². The molecule has 162 valence electrons. The number of nitrogens with one attached hydrogen (secondary N) is 1. The maximum atomic E-state index is 12.0. The molecule has 0 fully saturated rings. The van der Waals surface area contributed by atoms with Crippen LogP contribution < -0.4 is 14.9 Å². The summed E-state index contributed by atoms with van der Waals surface area (Å²) in [5.41, 5.74) is 2.25. The number of nitro groups is 2. The van der Waals surface area contributed by atoms with Crippen LogP contribution in [0.25, 0.3) is 0 Å². The fourth-order valence-corrected chi connectivity index (χ4v) is 2.54. The van der Waals surface area contributed by atoms with Crippen LogP contribution in [-0.4, -0.2) is 34.1 Å². The summed E-state index contributed by atoms with van der Waals surface area (Å²) in [6, 6.07) is 10.9. The van der Waals surface area contributed by atoms with Crippen LogP contribution in [0.3, 0.4) is 0 Å². The van der Waals surface area contributed by atoms with Crippen molar-refractivity contribution in [1.82, 2.24) is 10.4 Å². The number of aromatic nitrogens is 1. The van der Waals surface area contributed by atoms with E-state index in [9.17, 15) is 25.0 Å². The van der Waals surface area contributed by atoms with Crippen LogP contribution in [0, 0.1) is 20.2 Å². The van der Waals surface area contributed by atoms with E-state index in [0.717, 1.165) is 18.2 Å². The summed E-state index contributed by atoms with van der Waals surface area (Å²) in [7, 11) is 1.37. The third-order valence-electron chi connectivity index (χ3n) is 4.06. The van der Waals surface area contributed by atoms with Gasteiger partial charge in [-0.1, -0.05) is 0 Å². The zero-order valence-electron chi connectivity index (χ0n) is 16.5. The highest BCUT2D eigenvalue weighted by atomic mass is 16.6. The maximum Gasteiger partial charge on any atom is 0.318 e. The lowest BCUT2D eigenvalue weighted by atomic mass is 10.2. The monoisotopic (exact) mass is 437 g/mol. The lowest BCUT2D eigenvalue weighted by molar-refractivity contribution is -0.394. The van der Waals surface area contributed by atoms with Crippen molar-refractivity contribution in [3.63, 3.8) is 0 Å². The number of hydrogen-bond acceptors (Lipinski definition) is 9. The minimum atomic E-state index is -0.777. The summed E-state index contributed by atoms with van der Waals surface area (Å²) >= 11 is 0. The number of methoxy groups -OCH3 is 1. The van der Waals surface area contributed by atoms with Gasteiger partial charge in [-0.3, -0.25) is 30.0 Å². The molecule has 0 atom stereocenters. The Bertz CT molecular complexity index is 1200. The first-order valence-electron chi connectivity index (χ1n) is 8.91. The molecule has 3 rings (SSSR count). The fraction of sp³-hybridized carbons (Fsp3) is 0.0500. The number of pyridine rings is 1. The molecule has 1 heterocycles. The van der Waals surface area contributed by atoms with Crippen LogP contribution in [0.1, 0.15) is 15.9 Å². The average Bonchev–Trinajstić information content (AvgIpc) is 2.80. The number of benzene rings is 2. The molecule has 0 aliphatic carbocycles. The molecule has 0 saturated carbocycles. The van der Waals surface area contributed by atoms with Crippen molar-refractivity contribution in [3.8, 4) is 17.2 Å². The molecular formula is C20H15N5O7. The third-order valence-corrected chi connectivity index (χ3v) is 4.06. The lowest BCUT2D eigenvalue weighted by Crippen LogP contribution is -2.17. The largest absolute Gasteiger partial charge is 0.493 e. The minimum Gasteiger partial charge on any atom is -0.493 e. The van der Waals surface area contributed by atoms with Crippen molar-refractivity contribution < 1.29 is 24.1 Å². The van der Waals surface area contributed by atoms with Gasteiger partial charge in [0.1, 0.15) is 0 Å². The summed E-state index contributed by atoms with van der Waals surface area (Å²) in [5.74, 6) is -0.267. The number of rotatable bonds is 8. The highest BCUT2D eigenvalue weighted by Crippen LogP contribution is 2.38. The van der Waals surface area contributed by atoms with Crippen LogP contribution in [0.5, 0.6) is 17.2 Å². The fourth-order valence-electron chi connectivity index (χ4n) is 2.54. The molecule has 12 nitrogen and oxygen atoms in total. The Balaban J connectivity index is 1.78. The van der Waals surface area contributed by atoms with Crippen molar-refractivity contribution in [2.75, 3.05) is 7.11 Å². The second kappa shape index (κ2) is 9.75. The Kier molecular flexibility index (Phi) is 6.65. The predicted molar refractivity (Wildman–Crippen MR) is 112 cm³/mol. The highest BCUT2D eigenvalue weighted by molar-refractivity contribution is 5.94. The van der Waals surface area contributed by atoms with E-state index < -0.39 is 27.1 Å². The van der Waals surface area contributed by atoms with E-state index in [-0.39, 0.29) is 17.2 Å². The van der Waals surface area contributed by atoms with Gasteiger partial charge in [0.15, 0.2) is 11.5 Å². The highest BCUT2D eigenvalue weighted by Gasteiger charge is 2.22. The Labute approximate surface area is 180 Å². The van der Waals surface area contributed by atoms with Gasteiger partial charge in [-0.25, -0.2) is 5.43 Å². The first-order chi connectivity index (χ1) is 15.4. The van der Waals surface area contributed by atoms with Crippen molar-refractivity contribution in [2.45, 2.75) is 0 Å². The summed E-state index contributed by atoms with van der Waals surface area (Å²) in [6.07, 6.45) is 4.31. The Morgan fingerprint density at radius 2 is 1.84 bits per heavy atom. The van der Waals surface area contributed by atoms with Crippen molar-refractivity contribution in [1.29, 1.82) is 0 Å². The van der Waals surface area contributed by atoms with Crippen LogP contribution in [0.15, 0.2) is 66.0 Å². The SMILES string of the molecule is COc1cc(/C=N\NC(=O)c2cccnc2)ccc1Oc1ccc([N+](=O)[O-])cc1[N+](=O)[O-]. The van der Waals surface area contributed by atoms with Gasteiger partial charge >= 0.3 is 5.69 Å². The van der Waals surface area contributed by atoms with Crippen molar-refractivity contribution in [2.24, 2.45) is 5.10 Å². The van der Waals surface area contributed by atoms with E-state index in [2.05, 4.69) is 15.5 Å². The number of amides is 1. The van der Waals surface area contributed by atoms with Crippen LogP contribution in [0.4, 0.5) is 11.4 Å². The Hall–Kier alpha value is -4.87. The lowest BCUT2D eigenvalue weighted by Gasteiger charge is -2.11. The number of hydrogen-bond donors (Lipinski definition) is 1. The number of carbonyl (C=O) groups excluding carboxylic acids is 1. The summed E-state index contributed by atoms with van der Waals surface area (Å²) in [6.45, 7) is 0. The first-order valence-corrected chi connectivity index (χ1v) is 8.91. The Morgan fingerprint density at radius 3 is 2.50 bits per heavy atom. The quantitative estimate of drug-likeness (QED) is 0.318. The zero-order chi connectivity index (χ0) is 23.1. The van der Waals surface area contributed by atoms with E-state index in [4.69, 9.17) is 9.47 Å². The standard InChI is InChI=1S/C20H15N5O7/c1-31-19-9-13(11-22-23-20(26)14-3-2-8-21-12-14)4-6-18(19)32-17-7-5-15(24(27)28)10-16(17)25(29)30/h2-12H,1H3,(H,23,26)/b22-11-. The number of ether oxygens (including phenoxy) is 2. The average molecular weight is 437 g/mol. The summed E-state index contributed by atoms with van der Waals surface area (Å²) < 4.78 is 10.8. The molecule has 0 unspecified atom stereocenters. The van der Waals surface area contributed by atoms with Gasteiger partial charge in [0.05, 0.1) is 34.8 Å². The maximum absolute atomic E-state index is 12.0. The number of nitrogens with zero attached hydrogens (tertiary/aromatic N) is 4. The summed E-state index contributed by atoms with van der Waals surface area (Å²) in [4.78, 5) is 36.5. The van der Waals surface area contributed by atoms with Gasteiger partial charge in [0.25, 0.3) is 11.6 Å². The molecule has 1 N–H and O–H groups in total. The third kappa shape index (κ3) is 5.18. The molecule has 12 heteroatoms. The van der Waals surface area contributed by atoms with Crippen LogP contribution >= 0.6 is 0 Å². The number of carbonyl (C=O) groups is 1. The van der Waals surface area contributed by atoms with Gasteiger partial charge in [-0.15, -0.1) is 0 Å². The molecule has 0 bridgehead atoms. The molecule has 1 aromatic heterocycles. The molecule has 1 amide bonds. The summed E-state index contributed by atoms with van der Waals surface area (Å²) in [5, 5.41) is 26.0. The Morgan fingerprint density at radius 1 is 1.06 bits per heavy atom. The number of nitro benzene ring substituents is 2. The van der Waals surface area contributed by atoms with Gasteiger partial charge in [0, 0.05) is 18.5 Å². The van der Waals surface area contributed by atoms with Gasteiger partial charge < -0.3 is 9.47 Å². The molecular weight excluding hydrogens is 422 g/mol. The molecule has 2 aromatic carbocycles. The molecule has 0 aliphatic rings. The first kappa shape index (κ1) is 21.8. The van der Waals surface area contributed by atoms with Gasteiger partial charge in [-0.05, 0) is 42.0 Å². The normalized spacial score (nSPS) is 10.5. The van der Waals surface area contributed by atoms with Crippen molar-refractivity contribution >= 4 is 23.5 Å². The minimum absolute atomic E-state index is 0.140. The molecule has 3 aromatic rings. The molecule has 0 aliphatic heterocycles. The molecule has 0 spiro atoms. The molecule has 32 heavy (non-hydrogen) atoms. The van der Waals surface area contributed by atoms with E-state index in [1.54, 1.807) is 24.4 Å². The van der Waals surface area contributed by atoms with Gasteiger partial charge in [0.2, 0.25) is 5.75 Å². The van der Waals surface area contributed by atoms with Crippen molar-refractivity contribution in [3.05, 3.63) is 92.3 Å². The zero-order valence-corrected chi connectivity index (χ0v) is 16.5. The second-order valence-electron chi connectivity index (χ2n) is 6.12. The van der Waals surface area contributed by atoms with Crippen LogP contribution in [0.2, 0.25) is 0 Å².